The minimum absolute atomic E-state index is 0.0411. The van der Waals surface area contributed by atoms with Crippen molar-refractivity contribution in [2.24, 2.45) is 0 Å². The smallest absolute Gasteiger partial charge is 0.244 e. The van der Waals surface area contributed by atoms with Gasteiger partial charge in [0.25, 0.3) is 0 Å². The highest BCUT2D eigenvalue weighted by Gasteiger charge is 2.15. The molecule has 1 N–H and O–H groups in total. The molecule has 0 aliphatic carbocycles. The van der Waals surface area contributed by atoms with Crippen molar-refractivity contribution in [3.63, 3.8) is 0 Å². The maximum absolute atomic E-state index is 12.1. The Bertz CT molecular complexity index is 755. The van der Waals surface area contributed by atoms with Crippen molar-refractivity contribution in [2.75, 3.05) is 6.61 Å². The summed E-state index contributed by atoms with van der Waals surface area (Å²) >= 11 is 3.42. The second-order valence-electron chi connectivity index (χ2n) is 5.58. The lowest BCUT2D eigenvalue weighted by molar-refractivity contribution is -0.117. The predicted octanol–water partition coefficient (Wildman–Crippen LogP) is 4.27. The Morgan fingerprint density at radius 1 is 1.30 bits per heavy atom. The molecule has 3 nitrogen and oxygen atoms in total. The monoisotopic (exact) mass is 371 g/mol. The molecule has 0 saturated heterocycles. The van der Waals surface area contributed by atoms with E-state index in [9.17, 15) is 4.79 Å². The van der Waals surface area contributed by atoms with Crippen molar-refractivity contribution < 1.29 is 9.53 Å². The first-order valence-corrected chi connectivity index (χ1v) is 8.41. The highest BCUT2D eigenvalue weighted by atomic mass is 79.9. The van der Waals surface area contributed by atoms with Crippen LogP contribution in [0.4, 0.5) is 0 Å². The minimum Gasteiger partial charge on any atom is -0.493 e. The quantitative estimate of drug-likeness (QED) is 0.814. The fourth-order valence-corrected chi connectivity index (χ4v) is 3.02. The molecule has 0 spiro atoms. The summed E-state index contributed by atoms with van der Waals surface area (Å²) in [7, 11) is 0. The lowest BCUT2D eigenvalue weighted by atomic mass is 10.0. The van der Waals surface area contributed by atoms with E-state index < -0.39 is 0 Å². The lowest BCUT2D eigenvalue weighted by Gasteiger charge is -2.14. The zero-order valence-corrected chi connectivity index (χ0v) is 14.5. The van der Waals surface area contributed by atoms with E-state index in [1.54, 1.807) is 6.08 Å². The molecule has 23 heavy (non-hydrogen) atoms. The molecule has 4 heteroatoms. The molecule has 0 bridgehead atoms. The van der Waals surface area contributed by atoms with Crippen LogP contribution in [0.25, 0.3) is 6.08 Å². The van der Waals surface area contributed by atoms with Crippen LogP contribution in [-0.4, -0.2) is 12.5 Å². The van der Waals surface area contributed by atoms with Gasteiger partial charge in [-0.25, -0.2) is 0 Å². The Hall–Kier alpha value is -2.07. The number of carbonyl (C=O) groups is 1. The average molecular weight is 372 g/mol. The van der Waals surface area contributed by atoms with Gasteiger partial charge in [0.2, 0.25) is 5.91 Å². The van der Waals surface area contributed by atoms with Gasteiger partial charge >= 0.3 is 0 Å². The van der Waals surface area contributed by atoms with Crippen molar-refractivity contribution in [3.8, 4) is 5.75 Å². The molecule has 0 saturated carbocycles. The first kappa shape index (κ1) is 15.8. The summed E-state index contributed by atoms with van der Waals surface area (Å²) in [6, 6.07) is 13.9. The summed E-state index contributed by atoms with van der Waals surface area (Å²) in [6.07, 6.45) is 4.31. The van der Waals surface area contributed by atoms with Crippen LogP contribution >= 0.6 is 15.9 Å². The number of benzene rings is 2. The van der Waals surface area contributed by atoms with E-state index in [0.717, 1.165) is 34.4 Å². The molecule has 118 valence electrons. The Morgan fingerprint density at radius 3 is 3.00 bits per heavy atom. The highest BCUT2D eigenvalue weighted by Crippen LogP contribution is 2.28. The molecule has 1 heterocycles. The van der Waals surface area contributed by atoms with E-state index in [1.165, 1.54) is 5.56 Å². The SMILES string of the molecule is CC(NC(=O)C=Cc1cccc(Br)c1)c1ccc2c(c1)CCO2. The molecule has 0 aromatic heterocycles. The third-order valence-electron chi connectivity index (χ3n) is 3.85. The summed E-state index contributed by atoms with van der Waals surface area (Å²) in [5.41, 5.74) is 3.29. The van der Waals surface area contributed by atoms with E-state index in [0.29, 0.717) is 0 Å². The van der Waals surface area contributed by atoms with E-state index in [4.69, 9.17) is 4.74 Å². The van der Waals surface area contributed by atoms with E-state index in [2.05, 4.69) is 27.3 Å². The zero-order chi connectivity index (χ0) is 16.2. The predicted molar refractivity (Wildman–Crippen MR) is 95.4 cm³/mol. The van der Waals surface area contributed by atoms with Crippen LogP contribution in [0.5, 0.6) is 5.75 Å². The Balaban J connectivity index is 1.63. The summed E-state index contributed by atoms with van der Waals surface area (Å²) in [6.45, 7) is 2.73. The van der Waals surface area contributed by atoms with Gasteiger partial charge in [0.05, 0.1) is 12.6 Å². The standard InChI is InChI=1S/C19H18BrNO2/c1-13(15-6-7-18-16(12-15)9-10-23-18)21-19(22)8-5-14-3-2-4-17(20)11-14/h2-8,11-13H,9-10H2,1H3,(H,21,22). The summed E-state index contributed by atoms with van der Waals surface area (Å²) in [4.78, 5) is 12.1. The van der Waals surface area contributed by atoms with Crippen LogP contribution in [0.1, 0.15) is 29.7 Å². The number of fused-ring (bicyclic) bond motifs is 1. The Morgan fingerprint density at radius 2 is 2.17 bits per heavy atom. The number of hydrogen-bond acceptors (Lipinski definition) is 2. The van der Waals surface area contributed by atoms with Crippen LogP contribution in [0.15, 0.2) is 53.0 Å². The lowest BCUT2D eigenvalue weighted by Crippen LogP contribution is -2.24. The van der Waals surface area contributed by atoms with E-state index in [1.807, 2.05) is 49.4 Å². The van der Waals surface area contributed by atoms with Gasteiger partial charge in [-0.3, -0.25) is 4.79 Å². The molecule has 2 aromatic carbocycles. The third-order valence-corrected chi connectivity index (χ3v) is 4.34. The van der Waals surface area contributed by atoms with Gasteiger partial charge in [-0.1, -0.05) is 34.1 Å². The number of nitrogens with one attached hydrogen (secondary N) is 1. The van der Waals surface area contributed by atoms with Gasteiger partial charge in [0, 0.05) is 17.0 Å². The minimum atomic E-state index is -0.103. The molecule has 1 unspecified atom stereocenters. The zero-order valence-electron chi connectivity index (χ0n) is 12.9. The highest BCUT2D eigenvalue weighted by molar-refractivity contribution is 9.10. The van der Waals surface area contributed by atoms with Gasteiger partial charge in [-0.2, -0.15) is 0 Å². The Labute approximate surface area is 144 Å². The van der Waals surface area contributed by atoms with Gasteiger partial charge in [0.15, 0.2) is 0 Å². The van der Waals surface area contributed by atoms with E-state index in [-0.39, 0.29) is 11.9 Å². The van der Waals surface area contributed by atoms with Gasteiger partial charge in [0.1, 0.15) is 5.75 Å². The van der Waals surface area contributed by atoms with Crippen molar-refractivity contribution in [3.05, 3.63) is 69.7 Å². The maximum atomic E-state index is 12.1. The van der Waals surface area contributed by atoms with Crippen LogP contribution in [-0.2, 0) is 11.2 Å². The van der Waals surface area contributed by atoms with Crippen LogP contribution in [0, 0.1) is 0 Å². The molecule has 0 fully saturated rings. The normalized spacial score (nSPS) is 14.3. The maximum Gasteiger partial charge on any atom is 0.244 e. The summed E-state index contributed by atoms with van der Waals surface area (Å²) < 4.78 is 6.50. The van der Waals surface area contributed by atoms with Crippen molar-refractivity contribution >= 4 is 27.9 Å². The van der Waals surface area contributed by atoms with Crippen LogP contribution in [0.3, 0.4) is 0 Å². The molecular weight excluding hydrogens is 354 g/mol. The second-order valence-corrected chi connectivity index (χ2v) is 6.50. The summed E-state index contributed by atoms with van der Waals surface area (Å²) in [5.74, 6) is 0.857. The first-order valence-electron chi connectivity index (χ1n) is 7.61. The Kier molecular flexibility index (Phi) is 4.82. The molecule has 2 aromatic rings. The van der Waals surface area contributed by atoms with E-state index >= 15 is 0 Å². The number of ether oxygens (including phenoxy) is 1. The van der Waals surface area contributed by atoms with Crippen molar-refractivity contribution in [2.45, 2.75) is 19.4 Å². The van der Waals surface area contributed by atoms with Crippen molar-refractivity contribution in [1.29, 1.82) is 0 Å². The molecule has 3 rings (SSSR count). The molecule has 1 amide bonds. The largest absolute Gasteiger partial charge is 0.493 e. The fraction of sp³-hybridized carbons (Fsp3) is 0.211. The molecule has 1 atom stereocenters. The molecule has 0 radical (unpaired) electrons. The van der Waals surface area contributed by atoms with Crippen LogP contribution < -0.4 is 10.1 Å². The number of amides is 1. The number of rotatable bonds is 4. The van der Waals surface area contributed by atoms with Gasteiger partial charge in [-0.05, 0) is 54.0 Å². The number of hydrogen-bond donors (Lipinski definition) is 1. The molecule has 1 aliphatic heterocycles. The molecular formula is C19H18BrNO2. The number of halogens is 1. The fourth-order valence-electron chi connectivity index (χ4n) is 2.60. The first-order chi connectivity index (χ1) is 11.1. The van der Waals surface area contributed by atoms with Gasteiger partial charge < -0.3 is 10.1 Å². The van der Waals surface area contributed by atoms with Crippen molar-refractivity contribution in [1.82, 2.24) is 5.32 Å². The van der Waals surface area contributed by atoms with Gasteiger partial charge in [-0.15, -0.1) is 0 Å². The van der Waals surface area contributed by atoms with Crippen LogP contribution in [0.2, 0.25) is 0 Å². The molecule has 1 aliphatic rings. The topological polar surface area (TPSA) is 38.3 Å². The average Bonchev–Trinajstić information content (AvgIpc) is 3.00. The summed E-state index contributed by atoms with van der Waals surface area (Å²) in [5, 5.41) is 2.99. The second kappa shape index (κ2) is 7.01. The third kappa shape index (κ3) is 4.02. The number of carbonyl (C=O) groups excluding carboxylic acids is 1.